The third kappa shape index (κ3) is 2.05. The molecule has 1 nitrogen and oxygen atoms in total. The lowest BCUT2D eigenvalue weighted by molar-refractivity contribution is 1.50. The van der Waals surface area contributed by atoms with E-state index in [4.69, 9.17) is 0 Å². The maximum Gasteiger partial charge on any atom is 0.0812 e. The lowest BCUT2D eigenvalue weighted by atomic mass is 10.3. The van der Waals surface area contributed by atoms with Crippen LogP contribution in [0.5, 0.6) is 0 Å². The second-order valence-electron chi connectivity index (χ2n) is 1.82. The van der Waals surface area contributed by atoms with Crippen LogP contribution in [0.3, 0.4) is 0 Å². The van der Waals surface area contributed by atoms with E-state index in [2.05, 4.69) is 23.1 Å². The summed E-state index contributed by atoms with van der Waals surface area (Å²) in [5.41, 5.74) is 2.97. The van der Waals surface area contributed by atoms with Crippen molar-refractivity contribution in [1.29, 1.82) is 0 Å². The highest BCUT2D eigenvalue weighted by Crippen LogP contribution is 2.15. The van der Waals surface area contributed by atoms with Gasteiger partial charge in [0.15, 0.2) is 0 Å². The third-order valence-corrected chi connectivity index (χ3v) is 2.05. The molecule has 0 unspecified atom stereocenters. The van der Waals surface area contributed by atoms with Crippen molar-refractivity contribution in [3.8, 4) is 0 Å². The molecule has 11 heavy (non-hydrogen) atoms. The summed E-state index contributed by atoms with van der Waals surface area (Å²) in [4.78, 5) is 4.14. The number of aromatic nitrogens is 1. The van der Waals surface area contributed by atoms with Crippen LogP contribution in [0.15, 0.2) is 29.8 Å². The van der Waals surface area contributed by atoms with E-state index < -0.39 is 0 Å². The molecular formula is C7H9NS2Si. The molecule has 0 atom stereocenters. The normalized spacial score (nSPS) is 9.18. The van der Waals surface area contributed by atoms with Crippen LogP contribution in [0.2, 0.25) is 0 Å². The monoisotopic (exact) mass is 199 g/mol. The molecule has 2 aromatic rings. The van der Waals surface area contributed by atoms with Crippen LogP contribution < -0.4 is 0 Å². The molecule has 1 aromatic heterocycles. The second kappa shape index (κ2) is 4.53. The van der Waals surface area contributed by atoms with Crippen molar-refractivity contribution in [2.24, 2.45) is 0 Å². The Kier molecular flexibility index (Phi) is 3.61. The van der Waals surface area contributed by atoms with Gasteiger partial charge in [-0.15, -0.1) is 11.3 Å². The zero-order valence-electron chi connectivity index (χ0n) is 6.19. The predicted octanol–water partition coefficient (Wildman–Crippen LogP) is 1.49. The minimum atomic E-state index is 1.00. The number of hydrogen-bond donors (Lipinski definition) is 1. The average Bonchev–Trinajstić information content (AvgIpc) is 2.55. The van der Waals surface area contributed by atoms with Gasteiger partial charge < -0.3 is 0 Å². The fourth-order valence-corrected chi connectivity index (χ4v) is 1.48. The average molecular weight is 199 g/mol. The summed E-state index contributed by atoms with van der Waals surface area (Å²) in [5.74, 6) is 0. The summed E-state index contributed by atoms with van der Waals surface area (Å²) in [6.45, 7) is 0. The molecule has 1 aromatic carbocycles. The minimum absolute atomic E-state index is 1.00. The Morgan fingerprint density at radius 2 is 2.00 bits per heavy atom. The van der Waals surface area contributed by atoms with Crippen molar-refractivity contribution in [3.63, 3.8) is 0 Å². The Hall–Kier alpha value is -0.323. The van der Waals surface area contributed by atoms with Crippen molar-refractivity contribution in [2.75, 3.05) is 0 Å². The highest BCUT2D eigenvalue weighted by Gasteiger charge is 1.89. The van der Waals surface area contributed by atoms with Crippen molar-refractivity contribution in [1.82, 2.24) is 4.98 Å². The Balaban J connectivity index is 0.000000281. The molecule has 0 N–H and O–H groups in total. The van der Waals surface area contributed by atoms with Crippen molar-refractivity contribution in [2.45, 2.75) is 0 Å². The van der Waals surface area contributed by atoms with E-state index in [0.717, 1.165) is 14.9 Å². The molecule has 58 valence electrons. The van der Waals surface area contributed by atoms with Gasteiger partial charge in [-0.3, -0.25) is 0 Å². The second-order valence-corrected chi connectivity index (χ2v) is 2.71. The number of thiazole rings is 1. The maximum absolute atomic E-state index is 4.14. The minimum Gasteiger partial charge on any atom is -0.245 e. The van der Waals surface area contributed by atoms with Crippen molar-refractivity contribution < 1.29 is 0 Å². The summed E-state index contributed by atoms with van der Waals surface area (Å²) in [5, 5.41) is 0. The van der Waals surface area contributed by atoms with Gasteiger partial charge in [-0.25, -0.2) is 17.1 Å². The molecular weight excluding hydrogens is 190 g/mol. The number of rotatable bonds is 0. The van der Waals surface area contributed by atoms with E-state index in [0.29, 0.717) is 0 Å². The molecule has 0 aliphatic heterocycles. The molecule has 2 rings (SSSR count). The summed E-state index contributed by atoms with van der Waals surface area (Å²) < 4.78 is 1.26. The van der Waals surface area contributed by atoms with Crippen LogP contribution in [-0.4, -0.2) is 14.4 Å². The number of nitrogens with zero attached hydrogens (tertiary/aromatic N) is 1. The summed E-state index contributed by atoms with van der Waals surface area (Å²) in [7, 11) is 1.00. The zero-order valence-corrected chi connectivity index (χ0v) is 9.90. The van der Waals surface area contributed by atoms with E-state index in [1.807, 2.05) is 23.7 Å². The molecule has 0 fully saturated rings. The van der Waals surface area contributed by atoms with Gasteiger partial charge >= 0.3 is 0 Å². The Bertz CT molecular complexity index is 290. The summed E-state index contributed by atoms with van der Waals surface area (Å²) >= 11 is 5.34. The van der Waals surface area contributed by atoms with Crippen LogP contribution in [0.4, 0.5) is 0 Å². The van der Waals surface area contributed by atoms with E-state index >= 15 is 0 Å². The fourth-order valence-electron chi connectivity index (χ4n) is 0.803. The number of benzene rings is 1. The molecule has 0 saturated heterocycles. The Morgan fingerprint density at radius 3 is 2.73 bits per heavy atom. The van der Waals surface area contributed by atoms with Gasteiger partial charge in [-0.1, -0.05) is 12.1 Å². The van der Waals surface area contributed by atoms with Crippen LogP contribution in [-0.2, 0) is 0 Å². The topological polar surface area (TPSA) is 12.9 Å². The van der Waals surface area contributed by atoms with Gasteiger partial charge in [0.1, 0.15) is 0 Å². The first-order valence-corrected chi connectivity index (χ1v) is 7.65. The predicted molar refractivity (Wildman–Crippen MR) is 58.5 cm³/mol. The molecule has 0 aliphatic rings. The fraction of sp³-hybridized carbons (Fsp3) is 0. The number of thiol groups is 1. The molecule has 0 bridgehead atoms. The highest BCUT2D eigenvalue weighted by atomic mass is 32.3. The SMILES string of the molecule is [SiH3]S.c1ccc2scnc2c1. The first-order chi connectivity index (χ1) is 5.47. The van der Waals surface area contributed by atoms with Crippen LogP contribution in [0.25, 0.3) is 10.2 Å². The lowest BCUT2D eigenvalue weighted by Crippen LogP contribution is -1.61. The van der Waals surface area contributed by atoms with Crippen LogP contribution in [0.1, 0.15) is 0 Å². The van der Waals surface area contributed by atoms with Gasteiger partial charge in [0.05, 0.1) is 25.1 Å². The quantitative estimate of drug-likeness (QED) is 0.501. The Morgan fingerprint density at radius 1 is 1.27 bits per heavy atom. The molecule has 0 aliphatic carbocycles. The molecule has 0 amide bonds. The van der Waals surface area contributed by atoms with Gasteiger partial charge in [-0.05, 0) is 12.1 Å². The summed E-state index contributed by atoms with van der Waals surface area (Å²) in [6.07, 6.45) is 0. The molecule has 4 heteroatoms. The molecule has 1 heterocycles. The molecule has 0 saturated carbocycles. The van der Waals surface area contributed by atoms with E-state index in [1.54, 1.807) is 11.3 Å². The van der Waals surface area contributed by atoms with Crippen LogP contribution in [0, 0.1) is 0 Å². The first kappa shape index (κ1) is 8.77. The molecule has 0 spiro atoms. The standard InChI is InChI=1S/C7H5NS.H4SSi/c1-2-4-7-6(3-1)8-5-9-7;1-2/h1-5H;1H,2H3. The third-order valence-electron chi connectivity index (χ3n) is 1.24. The van der Waals surface area contributed by atoms with Crippen molar-refractivity contribution >= 4 is 43.0 Å². The van der Waals surface area contributed by atoms with E-state index in [1.165, 1.54) is 4.70 Å². The van der Waals surface area contributed by atoms with Gasteiger partial charge in [0.25, 0.3) is 0 Å². The van der Waals surface area contributed by atoms with Gasteiger partial charge in [0.2, 0.25) is 0 Å². The van der Waals surface area contributed by atoms with E-state index in [-0.39, 0.29) is 0 Å². The number of para-hydroxylation sites is 1. The largest absolute Gasteiger partial charge is 0.245 e. The molecule has 0 radical (unpaired) electrons. The highest BCUT2D eigenvalue weighted by molar-refractivity contribution is 8.03. The first-order valence-electron chi connectivity index (χ1n) is 3.20. The van der Waals surface area contributed by atoms with Gasteiger partial charge in [0, 0.05) is 0 Å². The zero-order chi connectivity index (χ0) is 8.10. The van der Waals surface area contributed by atoms with Crippen molar-refractivity contribution in [3.05, 3.63) is 29.8 Å². The maximum atomic E-state index is 4.14. The lowest BCUT2D eigenvalue weighted by Gasteiger charge is -1.80. The van der Waals surface area contributed by atoms with Crippen LogP contribution >= 0.6 is 23.4 Å². The summed E-state index contributed by atoms with van der Waals surface area (Å²) in [6, 6.07) is 8.13. The van der Waals surface area contributed by atoms with E-state index in [9.17, 15) is 0 Å². The smallest absolute Gasteiger partial charge is 0.0812 e. The Labute approximate surface area is 77.9 Å². The number of hydrogen-bond acceptors (Lipinski definition) is 3. The number of fused-ring (bicyclic) bond motifs is 1. The van der Waals surface area contributed by atoms with Gasteiger partial charge in [-0.2, -0.15) is 0 Å².